The second-order valence-corrected chi connectivity index (χ2v) is 8.37. The molecule has 3 rings (SSSR count). The molecule has 0 aliphatic carbocycles. The van der Waals surface area contributed by atoms with Crippen molar-refractivity contribution in [1.82, 2.24) is 0 Å². The fraction of sp³-hybridized carbons (Fsp3) is 0.136. The van der Waals surface area contributed by atoms with E-state index in [-0.39, 0.29) is 10.7 Å². The van der Waals surface area contributed by atoms with E-state index in [4.69, 9.17) is 0 Å². The number of hydrogen-bond donors (Lipinski definition) is 2. The van der Waals surface area contributed by atoms with Gasteiger partial charge in [0.15, 0.2) is 5.78 Å². The van der Waals surface area contributed by atoms with E-state index in [1.54, 1.807) is 54.6 Å². The molecule has 0 unspecified atom stereocenters. The second-order valence-electron chi connectivity index (χ2n) is 6.69. The molecule has 0 bridgehead atoms. The third-order valence-corrected chi connectivity index (χ3v) is 5.88. The van der Waals surface area contributed by atoms with Crippen molar-refractivity contribution in [2.75, 3.05) is 10.0 Å². The minimum absolute atomic E-state index is 0.0203. The van der Waals surface area contributed by atoms with Gasteiger partial charge in [0.1, 0.15) is 0 Å². The van der Waals surface area contributed by atoms with Crippen LogP contribution in [0.1, 0.15) is 28.4 Å². The first kappa shape index (κ1) is 19.6. The van der Waals surface area contributed by atoms with E-state index >= 15 is 0 Å². The summed E-state index contributed by atoms with van der Waals surface area (Å²) < 4.78 is 27.7. The summed E-state index contributed by atoms with van der Waals surface area (Å²) in [7, 11) is -3.64. The number of benzene rings is 3. The van der Waals surface area contributed by atoms with Crippen molar-refractivity contribution < 1.29 is 13.2 Å². The predicted octanol–water partition coefficient (Wildman–Crippen LogP) is 5.05. The van der Waals surface area contributed by atoms with Crippen molar-refractivity contribution in [2.45, 2.75) is 25.7 Å². The van der Waals surface area contributed by atoms with Crippen molar-refractivity contribution in [3.05, 3.63) is 83.4 Å². The number of anilines is 3. The lowest BCUT2D eigenvalue weighted by molar-refractivity contribution is 0.101. The Bertz CT molecular complexity index is 1100. The Balaban J connectivity index is 1.71. The molecule has 2 N–H and O–H groups in total. The van der Waals surface area contributed by atoms with Gasteiger partial charge in [-0.15, -0.1) is 0 Å². The molecule has 0 amide bonds. The zero-order valence-electron chi connectivity index (χ0n) is 16.0. The summed E-state index contributed by atoms with van der Waals surface area (Å²) in [6.07, 6.45) is 0. The number of aryl methyl sites for hydroxylation is 2. The van der Waals surface area contributed by atoms with Gasteiger partial charge in [-0.2, -0.15) is 0 Å². The van der Waals surface area contributed by atoms with Gasteiger partial charge in [-0.1, -0.05) is 6.07 Å². The first-order valence-electron chi connectivity index (χ1n) is 8.83. The molecular weight excluding hydrogens is 372 g/mol. The molecule has 0 heterocycles. The largest absolute Gasteiger partial charge is 0.356 e. The fourth-order valence-corrected chi connectivity index (χ4v) is 3.82. The zero-order valence-corrected chi connectivity index (χ0v) is 16.8. The van der Waals surface area contributed by atoms with E-state index in [1.807, 2.05) is 26.0 Å². The molecule has 0 aliphatic heterocycles. The van der Waals surface area contributed by atoms with Gasteiger partial charge in [0, 0.05) is 22.6 Å². The van der Waals surface area contributed by atoms with Gasteiger partial charge in [0.25, 0.3) is 10.0 Å². The molecule has 144 valence electrons. The van der Waals surface area contributed by atoms with Crippen LogP contribution >= 0.6 is 0 Å². The fourth-order valence-electron chi connectivity index (χ4n) is 2.67. The van der Waals surface area contributed by atoms with Gasteiger partial charge in [-0.05, 0) is 92.6 Å². The van der Waals surface area contributed by atoms with E-state index in [1.165, 1.54) is 6.92 Å². The van der Waals surface area contributed by atoms with Gasteiger partial charge >= 0.3 is 0 Å². The standard InChI is InChI=1S/C22H22N2O3S/c1-15-4-13-22(14-16(15)2)28(26,27)24-21-11-9-20(10-12-21)23-19-7-5-18(6-8-19)17(3)25/h4-14,23-24H,1-3H3. The van der Waals surface area contributed by atoms with Crippen LogP contribution in [0.3, 0.4) is 0 Å². The number of nitrogens with one attached hydrogen (secondary N) is 2. The summed E-state index contributed by atoms with van der Waals surface area (Å²) in [4.78, 5) is 11.6. The van der Waals surface area contributed by atoms with Crippen LogP contribution in [-0.4, -0.2) is 14.2 Å². The van der Waals surface area contributed by atoms with E-state index in [0.717, 1.165) is 22.5 Å². The van der Waals surface area contributed by atoms with Crippen molar-refractivity contribution in [3.63, 3.8) is 0 Å². The predicted molar refractivity (Wildman–Crippen MR) is 113 cm³/mol. The molecule has 0 aliphatic rings. The van der Waals surface area contributed by atoms with Gasteiger partial charge in [-0.25, -0.2) is 8.42 Å². The molecule has 6 heteroatoms. The Kier molecular flexibility index (Phi) is 5.51. The number of Topliss-reactive ketones (excluding diaryl/α,β-unsaturated/α-hetero) is 1. The summed E-state index contributed by atoms with van der Waals surface area (Å²) in [6, 6.07) is 19.2. The van der Waals surface area contributed by atoms with Gasteiger partial charge in [-0.3, -0.25) is 9.52 Å². The van der Waals surface area contributed by atoms with Crippen LogP contribution in [0.4, 0.5) is 17.1 Å². The summed E-state index contributed by atoms with van der Waals surface area (Å²) in [5.41, 5.74) is 4.76. The molecule has 0 atom stereocenters. The van der Waals surface area contributed by atoms with Crippen LogP contribution < -0.4 is 10.0 Å². The van der Waals surface area contributed by atoms with E-state index in [9.17, 15) is 13.2 Å². The van der Waals surface area contributed by atoms with Crippen LogP contribution in [0.2, 0.25) is 0 Å². The Labute approximate surface area is 165 Å². The lowest BCUT2D eigenvalue weighted by atomic mass is 10.1. The molecule has 0 aromatic heterocycles. The van der Waals surface area contributed by atoms with Gasteiger partial charge in [0.2, 0.25) is 0 Å². The number of ketones is 1. The normalized spacial score (nSPS) is 11.1. The molecule has 0 radical (unpaired) electrons. The van der Waals surface area contributed by atoms with Crippen LogP contribution in [-0.2, 0) is 10.0 Å². The highest BCUT2D eigenvalue weighted by Crippen LogP contribution is 2.22. The lowest BCUT2D eigenvalue weighted by Gasteiger charge is -2.11. The average molecular weight is 394 g/mol. The molecule has 3 aromatic carbocycles. The third kappa shape index (κ3) is 4.58. The third-order valence-electron chi connectivity index (χ3n) is 4.51. The lowest BCUT2D eigenvalue weighted by Crippen LogP contribution is -2.13. The minimum atomic E-state index is -3.64. The highest BCUT2D eigenvalue weighted by Gasteiger charge is 2.14. The molecule has 0 saturated heterocycles. The number of rotatable bonds is 6. The van der Waals surface area contributed by atoms with Crippen LogP contribution in [0.25, 0.3) is 0 Å². The highest BCUT2D eigenvalue weighted by molar-refractivity contribution is 7.92. The number of sulfonamides is 1. The van der Waals surface area contributed by atoms with Crippen molar-refractivity contribution in [2.24, 2.45) is 0 Å². The Morgan fingerprint density at radius 2 is 1.29 bits per heavy atom. The number of carbonyl (C=O) groups is 1. The average Bonchev–Trinajstić information content (AvgIpc) is 2.65. The zero-order chi connectivity index (χ0) is 20.3. The maximum atomic E-state index is 12.6. The summed E-state index contributed by atoms with van der Waals surface area (Å²) in [6.45, 7) is 5.36. The van der Waals surface area contributed by atoms with E-state index in [0.29, 0.717) is 11.3 Å². The van der Waals surface area contributed by atoms with Crippen LogP contribution in [0, 0.1) is 13.8 Å². The highest BCUT2D eigenvalue weighted by atomic mass is 32.2. The summed E-state index contributed by atoms with van der Waals surface area (Å²) in [5.74, 6) is 0.0203. The number of carbonyl (C=O) groups excluding carboxylic acids is 1. The molecule has 28 heavy (non-hydrogen) atoms. The Morgan fingerprint density at radius 1 is 0.750 bits per heavy atom. The van der Waals surface area contributed by atoms with Crippen molar-refractivity contribution >= 4 is 32.9 Å². The molecule has 0 saturated carbocycles. The van der Waals surface area contributed by atoms with Crippen molar-refractivity contribution in [3.8, 4) is 0 Å². The summed E-state index contributed by atoms with van der Waals surface area (Å²) >= 11 is 0. The quantitative estimate of drug-likeness (QED) is 0.574. The van der Waals surface area contributed by atoms with Crippen molar-refractivity contribution in [1.29, 1.82) is 0 Å². The minimum Gasteiger partial charge on any atom is -0.356 e. The SMILES string of the molecule is CC(=O)c1ccc(Nc2ccc(NS(=O)(=O)c3ccc(C)c(C)c3)cc2)cc1. The second kappa shape index (κ2) is 7.86. The topological polar surface area (TPSA) is 75.3 Å². The maximum absolute atomic E-state index is 12.6. The van der Waals surface area contributed by atoms with Crippen LogP contribution in [0.15, 0.2) is 71.6 Å². The molecule has 5 nitrogen and oxygen atoms in total. The molecule has 0 spiro atoms. The smallest absolute Gasteiger partial charge is 0.261 e. The Hall–Kier alpha value is -3.12. The molecular formula is C22H22N2O3S. The monoisotopic (exact) mass is 394 g/mol. The first-order valence-corrected chi connectivity index (χ1v) is 10.3. The molecule has 3 aromatic rings. The summed E-state index contributed by atoms with van der Waals surface area (Å²) in [5, 5.41) is 3.22. The Morgan fingerprint density at radius 3 is 1.82 bits per heavy atom. The van der Waals surface area contributed by atoms with E-state index in [2.05, 4.69) is 10.0 Å². The van der Waals surface area contributed by atoms with Crippen LogP contribution in [0.5, 0.6) is 0 Å². The maximum Gasteiger partial charge on any atom is 0.261 e. The van der Waals surface area contributed by atoms with Gasteiger partial charge < -0.3 is 5.32 Å². The van der Waals surface area contributed by atoms with E-state index < -0.39 is 10.0 Å². The van der Waals surface area contributed by atoms with Gasteiger partial charge in [0.05, 0.1) is 4.90 Å². The molecule has 0 fully saturated rings. The first-order chi connectivity index (χ1) is 13.2. The number of hydrogen-bond acceptors (Lipinski definition) is 4.